The van der Waals surface area contributed by atoms with Gasteiger partial charge in [0.1, 0.15) is 0 Å². The van der Waals surface area contributed by atoms with Gasteiger partial charge in [-0.1, -0.05) is 11.3 Å². The maximum Gasteiger partial charge on any atom is 0.274 e. The minimum absolute atomic E-state index is 0.352. The Morgan fingerprint density at radius 2 is 2.36 bits per heavy atom. The molecule has 0 bridgehead atoms. The van der Waals surface area contributed by atoms with Crippen LogP contribution in [0.1, 0.15) is 10.4 Å². The summed E-state index contributed by atoms with van der Waals surface area (Å²) in [5.41, 5.74) is 8.08. The van der Waals surface area contributed by atoms with E-state index in [4.69, 9.17) is 10.9 Å². The van der Waals surface area contributed by atoms with Crippen LogP contribution in [0.15, 0.2) is 18.2 Å². The van der Waals surface area contributed by atoms with Crippen LogP contribution in [0.2, 0.25) is 0 Å². The number of nitrogens with zero attached hydrogens (tertiary/aromatic N) is 1. The van der Waals surface area contributed by atoms with E-state index < -0.39 is 5.91 Å². The monoisotopic (exact) mass is 209 g/mol. The van der Waals surface area contributed by atoms with E-state index in [0.29, 0.717) is 16.2 Å². The summed E-state index contributed by atoms with van der Waals surface area (Å²) in [7, 11) is 0. The first-order chi connectivity index (χ1) is 6.70. The van der Waals surface area contributed by atoms with Gasteiger partial charge in [-0.2, -0.15) is 0 Å². The SMILES string of the molecule is Nc1nc2cc(C(=O)NO)ccc2s1. The molecule has 1 amide bonds. The third kappa shape index (κ3) is 1.40. The number of aromatic nitrogens is 1. The van der Waals surface area contributed by atoms with Gasteiger partial charge in [0, 0.05) is 5.56 Å². The molecule has 72 valence electrons. The zero-order valence-electron chi connectivity index (χ0n) is 7.02. The van der Waals surface area contributed by atoms with Crippen LogP contribution in [-0.4, -0.2) is 16.1 Å². The third-order valence-electron chi connectivity index (χ3n) is 1.77. The van der Waals surface area contributed by atoms with Gasteiger partial charge in [0.15, 0.2) is 5.13 Å². The number of nitrogens with one attached hydrogen (secondary N) is 1. The van der Waals surface area contributed by atoms with Crippen molar-refractivity contribution in [2.75, 3.05) is 5.73 Å². The lowest BCUT2D eigenvalue weighted by Gasteiger charge is -1.96. The summed E-state index contributed by atoms with van der Waals surface area (Å²) < 4.78 is 0.914. The highest BCUT2D eigenvalue weighted by atomic mass is 32.1. The number of benzene rings is 1. The zero-order chi connectivity index (χ0) is 10.1. The Morgan fingerprint density at radius 1 is 1.57 bits per heavy atom. The van der Waals surface area contributed by atoms with Gasteiger partial charge in [-0.25, -0.2) is 10.5 Å². The Kier molecular flexibility index (Phi) is 2.06. The van der Waals surface area contributed by atoms with Crippen LogP contribution in [0.5, 0.6) is 0 Å². The van der Waals surface area contributed by atoms with Crippen molar-refractivity contribution in [3.8, 4) is 0 Å². The number of nitrogen functional groups attached to an aromatic ring is 1. The molecular weight excluding hydrogens is 202 g/mol. The van der Waals surface area contributed by atoms with E-state index >= 15 is 0 Å². The largest absolute Gasteiger partial charge is 0.375 e. The number of carbonyl (C=O) groups excluding carboxylic acids is 1. The first-order valence-corrected chi connectivity index (χ1v) is 4.63. The molecule has 0 aliphatic rings. The first-order valence-electron chi connectivity index (χ1n) is 3.81. The van der Waals surface area contributed by atoms with E-state index in [9.17, 15) is 4.79 Å². The van der Waals surface area contributed by atoms with Gasteiger partial charge in [0.05, 0.1) is 10.2 Å². The van der Waals surface area contributed by atoms with Crippen molar-refractivity contribution >= 4 is 32.6 Å². The second kappa shape index (κ2) is 3.24. The number of thiazole rings is 1. The van der Waals surface area contributed by atoms with Crippen molar-refractivity contribution in [3.05, 3.63) is 23.8 Å². The standard InChI is InChI=1S/C8H7N3O2S/c9-8-10-5-3-4(7(12)11-13)1-2-6(5)14-8/h1-3,13H,(H2,9,10)(H,11,12). The van der Waals surface area contributed by atoms with Gasteiger partial charge in [-0.3, -0.25) is 10.0 Å². The number of rotatable bonds is 1. The van der Waals surface area contributed by atoms with Gasteiger partial charge in [0.25, 0.3) is 5.91 Å². The number of nitrogens with two attached hydrogens (primary N) is 1. The fourth-order valence-corrected chi connectivity index (χ4v) is 1.87. The molecule has 0 aliphatic heterocycles. The maximum atomic E-state index is 11.0. The molecule has 0 aliphatic carbocycles. The lowest BCUT2D eigenvalue weighted by atomic mass is 10.2. The molecule has 0 atom stereocenters. The van der Waals surface area contributed by atoms with E-state index in [1.807, 2.05) is 0 Å². The Hall–Kier alpha value is -1.66. The van der Waals surface area contributed by atoms with Crippen molar-refractivity contribution < 1.29 is 10.0 Å². The average molecular weight is 209 g/mol. The predicted octanol–water partition coefficient (Wildman–Crippen LogP) is 0.998. The molecular formula is C8H7N3O2S. The van der Waals surface area contributed by atoms with E-state index in [1.165, 1.54) is 11.3 Å². The molecule has 2 aromatic rings. The second-order valence-electron chi connectivity index (χ2n) is 2.68. The lowest BCUT2D eigenvalue weighted by Crippen LogP contribution is -2.18. The maximum absolute atomic E-state index is 11.0. The van der Waals surface area contributed by atoms with Gasteiger partial charge < -0.3 is 5.73 Å². The normalized spacial score (nSPS) is 10.4. The molecule has 0 saturated carbocycles. The summed E-state index contributed by atoms with van der Waals surface area (Å²) in [4.78, 5) is 15.1. The highest BCUT2D eigenvalue weighted by molar-refractivity contribution is 7.22. The van der Waals surface area contributed by atoms with Crippen LogP contribution >= 0.6 is 11.3 Å². The summed E-state index contributed by atoms with van der Waals surface area (Å²) in [5.74, 6) is -0.557. The number of carbonyl (C=O) groups is 1. The van der Waals surface area contributed by atoms with Crippen LogP contribution in [0, 0.1) is 0 Å². The molecule has 4 N–H and O–H groups in total. The van der Waals surface area contributed by atoms with Crippen molar-refractivity contribution in [1.29, 1.82) is 0 Å². The minimum atomic E-state index is -0.557. The van der Waals surface area contributed by atoms with Crippen LogP contribution in [0.4, 0.5) is 5.13 Å². The minimum Gasteiger partial charge on any atom is -0.375 e. The van der Waals surface area contributed by atoms with Crippen LogP contribution in [-0.2, 0) is 0 Å². The number of hydrogen-bond acceptors (Lipinski definition) is 5. The quantitative estimate of drug-likeness (QED) is 0.483. The molecule has 14 heavy (non-hydrogen) atoms. The molecule has 1 aromatic heterocycles. The summed E-state index contributed by atoms with van der Waals surface area (Å²) >= 11 is 1.35. The molecule has 2 rings (SSSR count). The Balaban J connectivity index is 2.55. The number of hydrogen-bond donors (Lipinski definition) is 3. The first kappa shape index (κ1) is 8.92. The van der Waals surface area contributed by atoms with Crippen LogP contribution in [0.3, 0.4) is 0 Å². The molecule has 1 heterocycles. The average Bonchev–Trinajstić information content (AvgIpc) is 2.55. The topological polar surface area (TPSA) is 88.2 Å². The van der Waals surface area contributed by atoms with E-state index in [2.05, 4.69) is 4.98 Å². The molecule has 1 aromatic carbocycles. The van der Waals surface area contributed by atoms with E-state index in [0.717, 1.165) is 4.70 Å². The van der Waals surface area contributed by atoms with Gasteiger partial charge >= 0.3 is 0 Å². The molecule has 6 heteroatoms. The molecule has 0 spiro atoms. The van der Waals surface area contributed by atoms with Gasteiger partial charge in [0.2, 0.25) is 0 Å². The summed E-state index contributed by atoms with van der Waals surface area (Å²) in [5, 5.41) is 8.88. The molecule has 0 fully saturated rings. The highest BCUT2D eigenvalue weighted by Gasteiger charge is 2.07. The van der Waals surface area contributed by atoms with Crippen molar-refractivity contribution in [2.24, 2.45) is 0 Å². The highest BCUT2D eigenvalue weighted by Crippen LogP contribution is 2.24. The number of anilines is 1. The smallest absolute Gasteiger partial charge is 0.274 e. The number of fused-ring (bicyclic) bond motifs is 1. The Labute approximate surface area is 83.1 Å². The fraction of sp³-hybridized carbons (Fsp3) is 0. The summed E-state index contributed by atoms with van der Waals surface area (Å²) in [6.07, 6.45) is 0. The number of amides is 1. The molecule has 0 saturated heterocycles. The van der Waals surface area contributed by atoms with Crippen molar-refractivity contribution in [2.45, 2.75) is 0 Å². The Morgan fingerprint density at radius 3 is 3.07 bits per heavy atom. The van der Waals surface area contributed by atoms with Crippen LogP contribution in [0.25, 0.3) is 10.2 Å². The van der Waals surface area contributed by atoms with Gasteiger partial charge in [-0.05, 0) is 18.2 Å². The van der Waals surface area contributed by atoms with Gasteiger partial charge in [-0.15, -0.1) is 0 Å². The summed E-state index contributed by atoms with van der Waals surface area (Å²) in [6.45, 7) is 0. The van der Waals surface area contributed by atoms with E-state index in [-0.39, 0.29) is 0 Å². The van der Waals surface area contributed by atoms with Crippen molar-refractivity contribution in [1.82, 2.24) is 10.5 Å². The van der Waals surface area contributed by atoms with Crippen LogP contribution < -0.4 is 11.2 Å². The fourth-order valence-electron chi connectivity index (χ4n) is 1.15. The van der Waals surface area contributed by atoms with E-state index in [1.54, 1.807) is 23.7 Å². The molecule has 5 nitrogen and oxygen atoms in total. The molecule has 0 unspecified atom stereocenters. The Bertz CT molecular complexity index is 494. The summed E-state index contributed by atoms with van der Waals surface area (Å²) in [6, 6.07) is 4.92. The lowest BCUT2D eigenvalue weighted by molar-refractivity contribution is 0.0706. The number of hydroxylamine groups is 1. The zero-order valence-corrected chi connectivity index (χ0v) is 7.84. The third-order valence-corrected chi connectivity index (χ3v) is 2.63. The van der Waals surface area contributed by atoms with Crippen molar-refractivity contribution in [3.63, 3.8) is 0 Å². The second-order valence-corrected chi connectivity index (χ2v) is 3.74. The predicted molar refractivity (Wildman–Crippen MR) is 53.3 cm³/mol. The molecule has 0 radical (unpaired) electrons.